The van der Waals surface area contributed by atoms with Crippen LogP contribution in [0.3, 0.4) is 0 Å². The zero-order chi connectivity index (χ0) is 17.3. The summed E-state index contributed by atoms with van der Waals surface area (Å²) in [4.78, 5) is 22.3. The van der Waals surface area contributed by atoms with Crippen molar-refractivity contribution in [2.75, 3.05) is 6.54 Å². The molecule has 23 heavy (non-hydrogen) atoms. The average molecular weight is 323 g/mol. The van der Waals surface area contributed by atoms with Crippen LogP contribution in [0.25, 0.3) is 0 Å². The van der Waals surface area contributed by atoms with Crippen LogP contribution in [0.4, 0.5) is 0 Å². The number of nitrogens with zero attached hydrogens (tertiary/aromatic N) is 1. The second kappa shape index (κ2) is 6.62. The predicted octanol–water partition coefficient (Wildman–Crippen LogP) is 4.14. The Morgan fingerprint density at radius 3 is 2.78 bits per heavy atom. The van der Waals surface area contributed by atoms with Gasteiger partial charge in [-0.2, -0.15) is 0 Å². The Balaban J connectivity index is 2.14. The highest BCUT2D eigenvalue weighted by Crippen LogP contribution is 2.61. The summed E-state index contributed by atoms with van der Waals surface area (Å²) in [6.07, 6.45) is 8.30. The molecule has 5 nitrogen and oxygen atoms in total. The van der Waals surface area contributed by atoms with E-state index >= 15 is 0 Å². The van der Waals surface area contributed by atoms with E-state index in [1.165, 1.54) is 25.3 Å². The van der Waals surface area contributed by atoms with Gasteiger partial charge in [0.15, 0.2) is 0 Å². The van der Waals surface area contributed by atoms with E-state index in [1.807, 2.05) is 13.8 Å². The highest BCUT2D eigenvalue weighted by molar-refractivity contribution is 5.66. The van der Waals surface area contributed by atoms with E-state index < -0.39 is 5.60 Å². The molecule has 0 aromatic rings. The third kappa shape index (κ3) is 4.12. The zero-order valence-corrected chi connectivity index (χ0v) is 14.8. The molecule has 1 saturated carbocycles. The van der Waals surface area contributed by atoms with Crippen LogP contribution >= 0.6 is 0 Å². The summed E-state index contributed by atoms with van der Waals surface area (Å²) in [6.45, 7) is 7.27. The second-order valence-corrected chi connectivity index (χ2v) is 8.01. The van der Waals surface area contributed by atoms with Crippen molar-refractivity contribution in [3.63, 3.8) is 0 Å². The molecule has 0 aromatic heterocycles. The number of ether oxygens (including phenoxy) is 1. The van der Waals surface area contributed by atoms with Gasteiger partial charge in [0.1, 0.15) is 5.60 Å². The SMILES string of the molecule is CCCCC1=C[C@H]2[C@@H](C1)C[C@@]2(C[N+](=O)[O-])CC(C)(C)OC(C)=O. The molecule has 2 aliphatic rings. The molecule has 0 saturated heterocycles. The molecule has 0 spiro atoms. The van der Waals surface area contributed by atoms with Crippen LogP contribution in [-0.2, 0) is 9.53 Å². The minimum Gasteiger partial charge on any atom is -0.460 e. The van der Waals surface area contributed by atoms with Gasteiger partial charge < -0.3 is 4.74 Å². The number of hydrogen-bond acceptors (Lipinski definition) is 4. The first-order chi connectivity index (χ1) is 10.7. The largest absolute Gasteiger partial charge is 0.460 e. The number of unbranched alkanes of at least 4 members (excludes halogenated alkanes) is 1. The molecule has 0 unspecified atom stereocenters. The summed E-state index contributed by atoms with van der Waals surface area (Å²) in [5, 5.41) is 11.2. The lowest BCUT2D eigenvalue weighted by molar-refractivity contribution is -0.507. The Morgan fingerprint density at radius 2 is 2.22 bits per heavy atom. The highest BCUT2D eigenvalue weighted by Gasteiger charge is 2.59. The van der Waals surface area contributed by atoms with E-state index in [1.54, 1.807) is 0 Å². The molecule has 2 aliphatic carbocycles. The Kier molecular flexibility index (Phi) is 5.17. The van der Waals surface area contributed by atoms with Crippen molar-refractivity contribution >= 4 is 5.97 Å². The van der Waals surface area contributed by atoms with Crippen LogP contribution in [-0.4, -0.2) is 23.0 Å². The van der Waals surface area contributed by atoms with Gasteiger partial charge in [-0.25, -0.2) is 0 Å². The van der Waals surface area contributed by atoms with Gasteiger partial charge in [-0.05, 0) is 57.8 Å². The topological polar surface area (TPSA) is 69.4 Å². The highest BCUT2D eigenvalue weighted by atomic mass is 16.6. The van der Waals surface area contributed by atoms with Crippen molar-refractivity contribution in [3.8, 4) is 0 Å². The van der Waals surface area contributed by atoms with Crippen molar-refractivity contribution in [1.82, 2.24) is 0 Å². The van der Waals surface area contributed by atoms with Gasteiger partial charge in [-0.1, -0.05) is 25.0 Å². The molecule has 0 N–H and O–H groups in total. The fourth-order valence-electron chi connectivity index (χ4n) is 4.83. The van der Waals surface area contributed by atoms with Crippen LogP contribution in [0.15, 0.2) is 11.6 Å². The molecule has 5 heteroatoms. The molecule has 0 aliphatic heterocycles. The van der Waals surface area contributed by atoms with E-state index in [0.717, 1.165) is 19.3 Å². The fraction of sp³-hybridized carbons (Fsp3) is 0.833. The molecular weight excluding hydrogens is 294 g/mol. The fourth-order valence-corrected chi connectivity index (χ4v) is 4.83. The number of allylic oxidation sites excluding steroid dienone is 2. The molecule has 0 aromatic carbocycles. The van der Waals surface area contributed by atoms with Gasteiger partial charge in [-0.15, -0.1) is 0 Å². The van der Waals surface area contributed by atoms with Crippen LogP contribution in [0.1, 0.15) is 66.2 Å². The molecule has 3 atom stereocenters. The zero-order valence-electron chi connectivity index (χ0n) is 14.8. The van der Waals surface area contributed by atoms with Crippen LogP contribution in [0.2, 0.25) is 0 Å². The maximum absolute atomic E-state index is 11.3. The Labute approximate surface area is 138 Å². The van der Waals surface area contributed by atoms with Gasteiger partial charge >= 0.3 is 5.97 Å². The van der Waals surface area contributed by atoms with E-state index in [2.05, 4.69) is 13.0 Å². The molecule has 0 bridgehead atoms. The van der Waals surface area contributed by atoms with Gasteiger partial charge in [-0.3, -0.25) is 14.9 Å². The number of rotatable bonds is 8. The van der Waals surface area contributed by atoms with Crippen molar-refractivity contribution in [3.05, 3.63) is 21.8 Å². The maximum Gasteiger partial charge on any atom is 0.303 e. The van der Waals surface area contributed by atoms with Gasteiger partial charge in [0, 0.05) is 17.3 Å². The minimum absolute atomic E-state index is 0.0313. The van der Waals surface area contributed by atoms with Crippen LogP contribution in [0.5, 0.6) is 0 Å². The predicted molar refractivity (Wildman–Crippen MR) is 88.6 cm³/mol. The monoisotopic (exact) mass is 323 g/mol. The third-order valence-electron chi connectivity index (χ3n) is 5.32. The molecule has 0 amide bonds. The summed E-state index contributed by atoms with van der Waals surface area (Å²) in [5.74, 6) is 0.497. The number of carbonyl (C=O) groups excluding carboxylic acids is 1. The van der Waals surface area contributed by atoms with Crippen molar-refractivity contribution in [2.45, 2.75) is 71.8 Å². The summed E-state index contributed by atoms with van der Waals surface area (Å²) >= 11 is 0. The molecule has 1 fully saturated rings. The van der Waals surface area contributed by atoms with Crippen molar-refractivity contribution < 1.29 is 14.5 Å². The third-order valence-corrected chi connectivity index (χ3v) is 5.32. The first kappa shape index (κ1) is 18.0. The number of nitro groups is 1. The van der Waals surface area contributed by atoms with Gasteiger partial charge in [0.2, 0.25) is 6.54 Å². The van der Waals surface area contributed by atoms with Gasteiger partial charge in [0.05, 0.1) is 0 Å². The van der Waals surface area contributed by atoms with Crippen molar-refractivity contribution in [2.24, 2.45) is 17.3 Å². The Morgan fingerprint density at radius 1 is 1.52 bits per heavy atom. The lowest BCUT2D eigenvalue weighted by Crippen LogP contribution is -2.53. The number of hydrogen-bond donors (Lipinski definition) is 0. The summed E-state index contributed by atoms with van der Waals surface area (Å²) in [6, 6.07) is 0. The quantitative estimate of drug-likeness (QED) is 0.291. The van der Waals surface area contributed by atoms with Crippen LogP contribution < -0.4 is 0 Å². The first-order valence-corrected chi connectivity index (χ1v) is 8.68. The van der Waals surface area contributed by atoms with E-state index in [9.17, 15) is 14.9 Å². The average Bonchev–Trinajstić information content (AvgIpc) is 2.71. The molecule has 130 valence electrons. The summed E-state index contributed by atoms with van der Waals surface area (Å²) in [5.41, 5.74) is 0.450. The van der Waals surface area contributed by atoms with Crippen LogP contribution in [0, 0.1) is 27.4 Å². The van der Waals surface area contributed by atoms with E-state index in [-0.39, 0.29) is 28.8 Å². The standard InChI is InChI=1S/C18H29NO4/c1-5-6-7-14-8-15-10-18(12-19(21)22,16(15)9-14)11-17(3,4)23-13(2)20/h9,15-16H,5-8,10-12H2,1-4H3/t15-,16-,18-/m0/s1. The number of fused-ring (bicyclic) bond motifs is 1. The lowest BCUT2D eigenvalue weighted by atomic mass is 9.52. The smallest absolute Gasteiger partial charge is 0.303 e. The molecule has 0 heterocycles. The summed E-state index contributed by atoms with van der Waals surface area (Å²) < 4.78 is 5.41. The number of carbonyl (C=O) groups is 1. The van der Waals surface area contributed by atoms with Gasteiger partial charge in [0.25, 0.3) is 0 Å². The molecular formula is C18H29NO4. The van der Waals surface area contributed by atoms with E-state index in [4.69, 9.17) is 4.74 Å². The molecule has 0 radical (unpaired) electrons. The van der Waals surface area contributed by atoms with Crippen molar-refractivity contribution in [1.29, 1.82) is 0 Å². The number of esters is 1. The lowest BCUT2D eigenvalue weighted by Gasteiger charge is -2.52. The first-order valence-electron chi connectivity index (χ1n) is 8.68. The normalized spacial score (nSPS) is 29.5. The Hall–Kier alpha value is -1.39. The maximum atomic E-state index is 11.3. The second-order valence-electron chi connectivity index (χ2n) is 8.01. The Bertz CT molecular complexity index is 511. The minimum atomic E-state index is -0.660. The van der Waals surface area contributed by atoms with E-state index in [0.29, 0.717) is 12.3 Å². The molecule has 2 rings (SSSR count). The summed E-state index contributed by atoms with van der Waals surface area (Å²) in [7, 11) is 0.